The molecule has 1 aromatic heterocycles. The normalized spacial score (nSPS) is 10.8. The average molecular weight is 316 g/mol. The molecule has 1 aromatic carbocycles. The minimum Gasteiger partial charge on any atom is -0.397 e. The molecular weight excluding hydrogens is 308 g/mol. The number of nitrogens with two attached hydrogens (primary N) is 1. The highest BCUT2D eigenvalue weighted by Gasteiger charge is 2.06. The molecule has 4 heteroatoms. The number of benzene rings is 1. The highest BCUT2D eigenvalue weighted by atomic mass is 79.9. The molecule has 0 bridgehead atoms. The van der Waals surface area contributed by atoms with Crippen LogP contribution < -0.4 is 5.73 Å². The van der Waals surface area contributed by atoms with Crippen molar-refractivity contribution < 1.29 is 0 Å². The number of hydrogen-bond acceptors (Lipinski definition) is 2. The zero-order chi connectivity index (χ0) is 10.3. The molecule has 0 saturated carbocycles. The SMILES string of the molecule is Cc1cc(Br)cc2c(N)c(Br)cnc12. The third kappa shape index (κ3) is 1.53. The maximum Gasteiger partial charge on any atom is 0.0753 e. The number of hydrogen-bond donors (Lipinski definition) is 1. The maximum atomic E-state index is 5.95. The molecule has 14 heavy (non-hydrogen) atoms. The first-order chi connectivity index (χ1) is 6.59. The van der Waals surface area contributed by atoms with Crippen LogP contribution in [0.15, 0.2) is 27.3 Å². The summed E-state index contributed by atoms with van der Waals surface area (Å²) >= 11 is 6.81. The molecule has 0 amide bonds. The Hall–Kier alpha value is -0.610. The number of pyridine rings is 1. The molecule has 2 rings (SSSR count). The summed E-state index contributed by atoms with van der Waals surface area (Å²) in [5, 5.41) is 0.978. The van der Waals surface area contributed by atoms with E-state index in [2.05, 4.69) is 36.8 Å². The Bertz CT molecular complexity index is 509. The highest BCUT2D eigenvalue weighted by molar-refractivity contribution is 9.11. The summed E-state index contributed by atoms with van der Waals surface area (Å²) in [6.07, 6.45) is 1.73. The van der Waals surface area contributed by atoms with Crippen LogP contribution in [-0.4, -0.2) is 4.98 Å². The zero-order valence-electron chi connectivity index (χ0n) is 7.51. The van der Waals surface area contributed by atoms with Gasteiger partial charge in [-0.3, -0.25) is 4.98 Å². The van der Waals surface area contributed by atoms with Gasteiger partial charge in [-0.1, -0.05) is 15.9 Å². The molecule has 2 nitrogen and oxygen atoms in total. The van der Waals surface area contributed by atoms with E-state index in [0.29, 0.717) is 0 Å². The van der Waals surface area contributed by atoms with Gasteiger partial charge in [0.1, 0.15) is 0 Å². The van der Waals surface area contributed by atoms with Crippen molar-refractivity contribution in [2.24, 2.45) is 0 Å². The molecule has 0 aliphatic rings. The molecule has 0 unspecified atom stereocenters. The lowest BCUT2D eigenvalue weighted by molar-refractivity contribution is 1.35. The van der Waals surface area contributed by atoms with Gasteiger partial charge in [0.05, 0.1) is 15.7 Å². The molecule has 2 N–H and O–H groups in total. The first kappa shape index (κ1) is 9.93. The van der Waals surface area contributed by atoms with Gasteiger partial charge >= 0.3 is 0 Å². The van der Waals surface area contributed by atoms with E-state index in [0.717, 1.165) is 31.1 Å². The predicted octanol–water partition coefficient (Wildman–Crippen LogP) is 3.65. The Morgan fingerprint density at radius 2 is 2.00 bits per heavy atom. The van der Waals surface area contributed by atoms with Crippen molar-refractivity contribution in [1.82, 2.24) is 4.98 Å². The molecule has 0 spiro atoms. The molecule has 0 aliphatic carbocycles. The molecule has 0 fully saturated rings. The van der Waals surface area contributed by atoms with Crippen LogP contribution in [0.2, 0.25) is 0 Å². The molecule has 2 aromatic rings. The van der Waals surface area contributed by atoms with Gasteiger partial charge in [0.25, 0.3) is 0 Å². The first-order valence-corrected chi connectivity index (χ1v) is 5.68. The van der Waals surface area contributed by atoms with Crippen molar-refractivity contribution in [1.29, 1.82) is 0 Å². The summed E-state index contributed by atoms with van der Waals surface area (Å²) in [5.41, 5.74) is 8.76. The molecule has 0 saturated heterocycles. The van der Waals surface area contributed by atoms with Gasteiger partial charge < -0.3 is 5.73 Å². The van der Waals surface area contributed by atoms with Gasteiger partial charge in [0.15, 0.2) is 0 Å². The van der Waals surface area contributed by atoms with Crippen LogP contribution in [0.25, 0.3) is 10.9 Å². The van der Waals surface area contributed by atoms with E-state index < -0.39 is 0 Å². The second-order valence-electron chi connectivity index (χ2n) is 3.14. The van der Waals surface area contributed by atoms with Gasteiger partial charge in [-0.05, 0) is 40.5 Å². The Morgan fingerprint density at radius 3 is 2.71 bits per heavy atom. The number of aromatic nitrogens is 1. The van der Waals surface area contributed by atoms with Crippen LogP contribution in [0, 0.1) is 6.92 Å². The highest BCUT2D eigenvalue weighted by Crippen LogP contribution is 2.30. The smallest absolute Gasteiger partial charge is 0.0753 e. The Morgan fingerprint density at radius 1 is 1.29 bits per heavy atom. The maximum absolute atomic E-state index is 5.95. The Kier molecular flexibility index (Phi) is 2.49. The van der Waals surface area contributed by atoms with Crippen molar-refractivity contribution in [3.05, 3.63) is 32.8 Å². The molecule has 72 valence electrons. The van der Waals surface area contributed by atoms with Crippen LogP contribution in [0.1, 0.15) is 5.56 Å². The number of aryl methyl sites for hydroxylation is 1. The largest absolute Gasteiger partial charge is 0.397 e. The average Bonchev–Trinajstić information content (AvgIpc) is 2.12. The first-order valence-electron chi connectivity index (χ1n) is 4.09. The number of rotatable bonds is 0. The fraction of sp³-hybridized carbons (Fsp3) is 0.100. The van der Waals surface area contributed by atoms with E-state index in [4.69, 9.17) is 5.73 Å². The fourth-order valence-corrected chi connectivity index (χ4v) is 2.32. The third-order valence-corrected chi connectivity index (χ3v) is 3.21. The molecule has 0 radical (unpaired) electrons. The summed E-state index contributed by atoms with van der Waals surface area (Å²) < 4.78 is 1.86. The van der Waals surface area contributed by atoms with Gasteiger partial charge in [-0.2, -0.15) is 0 Å². The molecule has 1 heterocycles. The van der Waals surface area contributed by atoms with Crippen LogP contribution in [0.5, 0.6) is 0 Å². The second-order valence-corrected chi connectivity index (χ2v) is 4.91. The lowest BCUT2D eigenvalue weighted by Crippen LogP contribution is -1.92. The lowest BCUT2D eigenvalue weighted by Gasteiger charge is -2.06. The van der Waals surface area contributed by atoms with E-state index in [9.17, 15) is 0 Å². The predicted molar refractivity (Wildman–Crippen MR) is 66.3 cm³/mol. The van der Waals surface area contributed by atoms with Crippen molar-refractivity contribution in [3.63, 3.8) is 0 Å². The van der Waals surface area contributed by atoms with E-state index in [1.54, 1.807) is 6.20 Å². The summed E-state index contributed by atoms with van der Waals surface area (Å²) in [6, 6.07) is 4.01. The number of halogens is 2. The molecule has 0 atom stereocenters. The number of nitrogens with zero attached hydrogens (tertiary/aromatic N) is 1. The van der Waals surface area contributed by atoms with Gasteiger partial charge in [0, 0.05) is 16.1 Å². The van der Waals surface area contributed by atoms with Gasteiger partial charge in [-0.25, -0.2) is 0 Å². The Balaban J connectivity index is 2.95. The van der Waals surface area contributed by atoms with E-state index >= 15 is 0 Å². The minimum atomic E-state index is 0.736. The van der Waals surface area contributed by atoms with Crippen molar-refractivity contribution in [2.75, 3.05) is 5.73 Å². The van der Waals surface area contributed by atoms with Crippen molar-refractivity contribution in [3.8, 4) is 0 Å². The third-order valence-electron chi connectivity index (χ3n) is 2.12. The number of anilines is 1. The van der Waals surface area contributed by atoms with E-state index in [-0.39, 0.29) is 0 Å². The fourth-order valence-electron chi connectivity index (χ4n) is 1.43. The van der Waals surface area contributed by atoms with Crippen LogP contribution in [0.3, 0.4) is 0 Å². The zero-order valence-corrected chi connectivity index (χ0v) is 10.7. The quantitative estimate of drug-likeness (QED) is 0.806. The monoisotopic (exact) mass is 314 g/mol. The number of fused-ring (bicyclic) bond motifs is 1. The number of nitrogen functional groups attached to an aromatic ring is 1. The summed E-state index contributed by atoms with van der Waals surface area (Å²) in [5.74, 6) is 0. The van der Waals surface area contributed by atoms with Gasteiger partial charge in [-0.15, -0.1) is 0 Å². The van der Waals surface area contributed by atoms with Crippen LogP contribution >= 0.6 is 31.9 Å². The second kappa shape index (κ2) is 3.51. The lowest BCUT2D eigenvalue weighted by atomic mass is 10.1. The van der Waals surface area contributed by atoms with Crippen molar-refractivity contribution >= 4 is 48.5 Å². The topological polar surface area (TPSA) is 38.9 Å². The van der Waals surface area contributed by atoms with Crippen LogP contribution in [0.4, 0.5) is 5.69 Å². The van der Waals surface area contributed by atoms with Gasteiger partial charge in [0.2, 0.25) is 0 Å². The Labute approximate surface area is 98.8 Å². The summed E-state index contributed by atoms with van der Waals surface area (Å²) in [7, 11) is 0. The standard InChI is InChI=1S/C10H8Br2N2/c1-5-2-6(11)3-7-9(13)8(12)4-14-10(5)7/h2-4H,1H3,(H2,13,14). The molecular formula is C10H8Br2N2. The minimum absolute atomic E-state index is 0.736. The molecule has 0 aliphatic heterocycles. The summed E-state index contributed by atoms with van der Waals surface area (Å²) in [4.78, 5) is 4.33. The van der Waals surface area contributed by atoms with E-state index in [1.807, 2.05) is 19.1 Å². The van der Waals surface area contributed by atoms with E-state index in [1.165, 1.54) is 0 Å². The summed E-state index contributed by atoms with van der Waals surface area (Å²) in [6.45, 7) is 2.02. The van der Waals surface area contributed by atoms with Crippen LogP contribution in [-0.2, 0) is 0 Å². The van der Waals surface area contributed by atoms with Crippen molar-refractivity contribution in [2.45, 2.75) is 6.92 Å².